The molecule has 3 rings (SSSR count). The van der Waals surface area contributed by atoms with Gasteiger partial charge < -0.3 is 11.7 Å². The van der Waals surface area contributed by atoms with Crippen molar-refractivity contribution in [3.05, 3.63) is 66.3 Å². The number of rotatable bonds is 3. The molecule has 0 saturated heterocycles. The van der Waals surface area contributed by atoms with Gasteiger partial charge in [0.05, 0.1) is 11.4 Å². The molecule has 1 amide bonds. The number of ketones is 1. The van der Waals surface area contributed by atoms with E-state index >= 15 is 0 Å². The molecule has 162 valence electrons. The van der Waals surface area contributed by atoms with Gasteiger partial charge in [0.2, 0.25) is 0 Å². The molecule has 0 saturated carbocycles. The van der Waals surface area contributed by atoms with Gasteiger partial charge in [0.15, 0.2) is 5.78 Å². The van der Waals surface area contributed by atoms with E-state index in [2.05, 4.69) is 18.8 Å². The third-order valence-electron chi connectivity index (χ3n) is 4.62. The average Bonchev–Trinajstić information content (AvgIpc) is 2.97. The van der Waals surface area contributed by atoms with E-state index in [1.807, 2.05) is 52.8 Å². The van der Waals surface area contributed by atoms with Gasteiger partial charge in [-0.25, -0.2) is 4.79 Å². The van der Waals surface area contributed by atoms with E-state index in [4.69, 9.17) is 4.74 Å². The number of benzene rings is 1. The standard InChI is InChI=1S/C21H24N2O3.C4H9.Li/c1-20(2,3)26-19(25)23-13-21(4,5)18-16(23)11-15(12-22-18)17(24)14-9-7-6-8-10-14;1-3-4-2;/h6-12H,13H2,1-5H3;1,3-4H2,2H3;/q;-1;+1. The minimum absolute atomic E-state index is 0. The molecular formula is C25H33LiN2O3. The molecular weight excluding hydrogens is 383 g/mol. The summed E-state index contributed by atoms with van der Waals surface area (Å²) in [5.74, 6) is -0.116. The van der Waals surface area contributed by atoms with E-state index in [0.717, 1.165) is 12.1 Å². The van der Waals surface area contributed by atoms with Gasteiger partial charge in [-0.3, -0.25) is 14.7 Å². The summed E-state index contributed by atoms with van der Waals surface area (Å²) in [4.78, 5) is 31.5. The number of ether oxygens (including phenoxy) is 1. The predicted octanol–water partition coefficient (Wildman–Crippen LogP) is 2.97. The molecule has 5 nitrogen and oxygen atoms in total. The van der Waals surface area contributed by atoms with Gasteiger partial charge in [0.1, 0.15) is 5.60 Å². The third-order valence-corrected chi connectivity index (χ3v) is 4.62. The number of nitrogens with zero attached hydrogens (tertiary/aromatic N) is 2. The first kappa shape index (κ1) is 26.9. The summed E-state index contributed by atoms with van der Waals surface area (Å²) in [7, 11) is 0. The SMILES string of the molecule is CC(C)(C)OC(=O)N1CC(C)(C)c2ncc(C(=O)c3ccccc3)cc21.[CH2-]CCC.[Li+]. The fourth-order valence-corrected chi connectivity index (χ4v) is 3.10. The number of hydrogen-bond donors (Lipinski definition) is 0. The van der Waals surface area contributed by atoms with Crippen LogP contribution in [0.4, 0.5) is 10.5 Å². The number of hydrogen-bond acceptors (Lipinski definition) is 4. The van der Waals surface area contributed by atoms with Crippen LogP contribution in [0.3, 0.4) is 0 Å². The van der Waals surface area contributed by atoms with Crippen molar-refractivity contribution in [3.63, 3.8) is 0 Å². The summed E-state index contributed by atoms with van der Waals surface area (Å²) in [6.07, 6.45) is 3.45. The van der Waals surface area contributed by atoms with Gasteiger partial charge in [-0.2, -0.15) is 6.42 Å². The van der Waals surface area contributed by atoms with Gasteiger partial charge in [-0.15, -0.1) is 0 Å². The Kier molecular flexibility index (Phi) is 9.54. The van der Waals surface area contributed by atoms with Crippen LogP contribution in [0.25, 0.3) is 0 Å². The Balaban J connectivity index is 0.000000885. The van der Waals surface area contributed by atoms with Crippen LogP contribution >= 0.6 is 0 Å². The Morgan fingerprint density at radius 3 is 2.26 bits per heavy atom. The number of unbranched alkanes of at least 4 members (excludes halogenated alkanes) is 1. The van der Waals surface area contributed by atoms with E-state index in [9.17, 15) is 9.59 Å². The number of carbonyl (C=O) groups excluding carboxylic acids is 2. The van der Waals surface area contributed by atoms with Crippen LogP contribution in [-0.4, -0.2) is 29.0 Å². The zero-order valence-electron chi connectivity index (χ0n) is 20.0. The third kappa shape index (κ3) is 6.95. The largest absolute Gasteiger partial charge is 1.00 e. The molecule has 31 heavy (non-hydrogen) atoms. The van der Waals surface area contributed by atoms with Gasteiger partial charge in [0, 0.05) is 29.3 Å². The van der Waals surface area contributed by atoms with Crippen molar-refractivity contribution in [1.82, 2.24) is 4.98 Å². The molecule has 1 aromatic heterocycles. The van der Waals surface area contributed by atoms with Crippen molar-refractivity contribution in [2.24, 2.45) is 0 Å². The van der Waals surface area contributed by atoms with Crippen molar-refractivity contribution in [3.8, 4) is 0 Å². The molecule has 0 aliphatic carbocycles. The Labute approximate surface area is 198 Å². The first-order valence-electron chi connectivity index (χ1n) is 10.4. The molecule has 2 heterocycles. The maximum absolute atomic E-state index is 12.7. The van der Waals surface area contributed by atoms with Crippen LogP contribution in [-0.2, 0) is 10.2 Å². The normalized spacial score (nSPS) is 14.0. The molecule has 0 radical (unpaired) electrons. The molecule has 1 aromatic carbocycles. The zero-order valence-corrected chi connectivity index (χ0v) is 20.0. The van der Waals surface area contributed by atoms with Crippen molar-refractivity contribution >= 4 is 17.6 Å². The Morgan fingerprint density at radius 2 is 1.74 bits per heavy atom. The number of amides is 1. The second-order valence-electron chi connectivity index (χ2n) is 9.09. The van der Waals surface area contributed by atoms with E-state index < -0.39 is 11.7 Å². The summed E-state index contributed by atoms with van der Waals surface area (Å²) in [5.41, 5.74) is 1.60. The number of pyridine rings is 1. The van der Waals surface area contributed by atoms with Crippen LogP contribution in [0.5, 0.6) is 0 Å². The summed E-state index contributed by atoms with van der Waals surface area (Å²) in [5, 5.41) is 0. The number of aromatic nitrogens is 1. The molecule has 0 bridgehead atoms. The average molecular weight is 416 g/mol. The van der Waals surface area contributed by atoms with Crippen LogP contribution in [0.2, 0.25) is 0 Å². The molecule has 6 heteroatoms. The summed E-state index contributed by atoms with van der Waals surface area (Å²) in [6, 6.07) is 10.8. The second-order valence-corrected chi connectivity index (χ2v) is 9.09. The maximum Gasteiger partial charge on any atom is 1.00 e. The topological polar surface area (TPSA) is 59.5 Å². The summed E-state index contributed by atoms with van der Waals surface area (Å²) < 4.78 is 5.53. The van der Waals surface area contributed by atoms with Crippen LogP contribution in [0, 0.1) is 6.92 Å². The fourth-order valence-electron chi connectivity index (χ4n) is 3.10. The fraction of sp³-hybridized carbons (Fsp3) is 0.440. The van der Waals surface area contributed by atoms with Gasteiger partial charge in [-0.1, -0.05) is 57.5 Å². The first-order valence-corrected chi connectivity index (χ1v) is 10.4. The van der Waals surface area contributed by atoms with E-state index in [1.165, 1.54) is 6.42 Å². The van der Waals surface area contributed by atoms with Gasteiger partial charge in [0.25, 0.3) is 0 Å². The van der Waals surface area contributed by atoms with E-state index in [0.29, 0.717) is 23.4 Å². The Bertz CT molecular complexity index is 887. The summed E-state index contributed by atoms with van der Waals surface area (Å²) in [6.45, 7) is 15.7. The summed E-state index contributed by atoms with van der Waals surface area (Å²) >= 11 is 0. The number of anilines is 1. The smallest absolute Gasteiger partial charge is 0.443 e. The number of fused-ring (bicyclic) bond motifs is 1. The minimum atomic E-state index is -0.588. The molecule has 0 spiro atoms. The minimum Gasteiger partial charge on any atom is -0.443 e. The molecule has 2 aromatic rings. The van der Waals surface area contributed by atoms with Crippen LogP contribution < -0.4 is 23.8 Å². The van der Waals surface area contributed by atoms with Crippen LogP contribution in [0.1, 0.15) is 76.0 Å². The molecule has 0 atom stereocenters. The van der Waals surface area contributed by atoms with Crippen molar-refractivity contribution in [2.75, 3.05) is 11.4 Å². The molecule has 1 aliphatic heterocycles. The number of carbonyl (C=O) groups is 2. The van der Waals surface area contributed by atoms with Crippen molar-refractivity contribution < 1.29 is 33.2 Å². The van der Waals surface area contributed by atoms with Crippen molar-refractivity contribution in [2.45, 2.75) is 65.4 Å². The molecule has 0 unspecified atom stereocenters. The maximum atomic E-state index is 12.7. The molecule has 0 fully saturated rings. The van der Waals surface area contributed by atoms with E-state index in [-0.39, 0.29) is 30.1 Å². The second kappa shape index (κ2) is 11.0. The Hall–Kier alpha value is -2.09. The van der Waals surface area contributed by atoms with Gasteiger partial charge >= 0.3 is 25.0 Å². The van der Waals surface area contributed by atoms with Gasteiger partial charge in [-0.05, 0) is 26.8 Å². The zero-order chi connectivity index (χ0) is 22.5. The Morgan fingerprint density at radius 1 is 1.16 bits per heavy atom. The molecule has 0 N–H and O–H groups in total. The predicted molar refractivity (Wildman–Crippen MR) is 121 cm³/mol. The van der Waals surface area contributed by atoms with Crippen LogP contribution in [0.15, 0.2) is 42.6 Å². The van der Waals surface area contributed by atoms with E-state index in [1.54, 1.807) is 29.3 Å². The van der Waals surface area contributed by atoms with Crippen molar-refractivity contribution in [1.29, 1.82) is 0 Å². The molecule has 1 aliphatic rings. The first-order chi connectivity index (χ1) is 14.0. The monoisotopic (exact) mass is 416 g/mol. The quantitative estimate of drug-likeness (QED) is 0.439.